The number of carbonyl (C=O) groups is 1. The Bertz CT molecular complexity index is 1340. The quantitative estimate of drug-likeness (QED) is 0.319. The van der Waals surface area contributed by atoms with E-state index in [0.29, 0.717) is 32.9 Å². The summed E-state index contributed by atoms with van der Waals surface area (Å²) < 4.78 is 51.6. The molecule has 196 valence electrons. The zero-order chi connectivity index (χ0) is 26.9. The lowest BCUT2D eigenvalue weighted by Gasteiger charge is -2.24. The van der Waals surface area contributed by atoms with Gasteiger partial charge in [-0.2, -0.15) is 0 Å². The van der Waals surface area contributed by atoms with E-state index in [4.69, 9.17) is 9.47 Å². The maximum atomic E-state index is 14.7. The van der Waals surface area contributed by atoms with Crippen LogP contribution in [-0.4, -0.2) is 34.6 Å². The van der Waals surface area contributed by atoms with Crippen LogP contribution in [0, 0.1) is 5.82 Å². The highest BCUT2D eigenvalue weighted by molar-refractivity contribution is 7.84. The van der Waals surface area contributed by atoms with Gasteiger partial charge in [0.2, 0.25) is 0 Å². The van der Waals surface area contributed by atoms with Crippen molar-refractivity contribution in [2.24, 2.45) is 0 Å². The van der Waals surface area contributed by atoms with Crippen molar-refractivity contribution in [2.45, 2.75) is 56.9 Å². The molecule has 0 saturated carbocycles. The number of methoxy groups -OCH3 is 1. The molecule has 5 nitrogen and oxygen atoms in total. The van der Waals surface area contributed by atoms with Crippen LogP contribution in [0.5, 0.6) is 5.75 Å². The van der Waals surface area contributed by atoms with E-state index in [1.54, 1.807) is 53.6 Å². The summed E-state index contributed by atoms with van der Waals surface area (Å²) in [6.45, 7) is 5.21. The number of ether oxygens (including phenoxy) is 2. The molecule has 1 saturated heterocycles. The fraction of sp³-hybridized carbons (Fsp3) is 0.345. The number of cyclic esters (lactones) is 1. The number of halogens is 2. The number of hydrogen-bond donors (Lipinski definition) is 0. The predicted molar refractivity (Wildman–Crippen MR) is 140 cm³/mol. The van der Waals surface area contributed by atoms with E-state index < -0.39 is 29.7 Å². The molecule has 3 aromatic rings. The molecule has 0 N–H and O–H groups in total. The first-order valence-electron chi connectivity index (χ1n) is 12.1. The van der Waals surface area contributed by atoms with Crippen LogP contribution in [0.25, 0.3) is 11.1 Å². The SMILES string of the molecule is COc1cc(F)c(C(C)C)cc1-c1ccc(CF)cc1CN1C(=O)O[C@H](c2cccc(S(C)=O)c2)[C@@H]1C. The molecule has 3 aromatic carbocycles. The molecule has 0 aromatic heterocycles. The average molecular weight is 528 g/mol. The van der Waals surface area contributed by atoms with Gasteiger partial charge in [0.15, 0.2) is 0 Å². The molecular weight excluding hydrogens is 496 g/mol. The Balaban J connectivity index is 1.74. The van der Waals surface area contributed by atoms with E-state index in [1.165, 1.54) is 13.2 Å². The van der Waals surface area contributed by atoms with Gasteiger partial charge in [-0.3, -0.25) is 9.11 Å². The van der Waals surface area contributed by atoms with Crippen molar-refractivity contribution in [1.82, 2.24) is 4.90 Å². The fourth-order valence-electron chi connectivity index (χ4n) is 4.73. The molecular formula is C29H31F2NO4S. The molecule has 4 rings (SSSR count). The number of rotatable bonds is 8. The maximum absolute atomic E-state index is 14.7. The number of carbonyl (C=O) groups excluding carboxylic acids is 1. The monoisotopic (exact) mass is 527 g/mol. The van der Waals surface area contributed by atoms with Gasteiger partial charge in [0.05, 0.1) is 19.7 Å². The Morgan fingerprint density at radius 1 is 1.11 bits per heavy atom. The van der Waals surface area contributed by atoms with Crippen molar-refractivity contribution in [1.29, 1.82) is 0 Å². The Labute approximate surface area is 218 Å². The molecule has 8 heteroatoms. The van der Waals surface area contributed by atoms with E-state index in [2.05, 4.69) is 0 Å². The molecule has 1 aliphatic heterocycles. The van der Waals surface area contributed by atoms with Crippen molar-refractivity contribution in [3.8, 4) is 16.9 Å². The highest BCUT2D eigenvalue weighted by Gasteiger charge is 2.40. The summed E-state index contributed by atoms with van der Waals surface area (Å²) in [6.07, 6.45) is 0.561. The van der Waals surface area contributed by atoms with Gasteiger partial charge in [-0.1, -0.05) is 44.2 Å². The molecule has 37 heavy (non-hydrogen) atoms. The van der Waals surface area contributed by atoms with Gasteiger partial charge in [0.1, 0.15) is 24.3 Å². The van der Waals surface area contributed by atoms with Gasteiger partial charge in [0.25, 0.3) is 0 Å². The summed E-state index contributed by atoms with van der Waals surface area (Å²) in [5, 5.41) is 0. The minimum absolute atomic E-state index is 0.0548. The third kappa shape index (κ3) is 5.39. The molecule has 0 aliphatic carbocycles. The lowest BCUT2D eigenvalue weighted by Crippen LogP contribution is -2.31. The molecule has 1 amide bonds. The Kier molecular flexibility index (Phi) is 7.97. The summed E-state index contributed by atoms with van der Waals surface area (Å²) >= 11 is 0. The second-order valence-corrected chi connectivity index (χ2v) is 10.9. The van der Waals surface area contributed by atoms with E-state index in [1.807, 2.05) is 26.8 Å². The van der Waals surface area contributed by atoms with Crippen LogP contribution in [0.3, 0.4) is 0 Å². The smallest absolute Gasteiger partial charge is 0.411 e. The normalized spacial score (nSPS) is 18.3. The van der Waals surface area contributed by atoms with Gasteiger partial charge < -0.3 is 9.47 Å². The van der Waals surface area contributed by atoms with Crippen molar-refractivity contribution in [2.75, 3.05) is 13.4 Å². The van der Waals surface area contributed by atoms with Crippen molar-refractivity contribution in [3.63, 3.8) is 0 Å². The summed E-state index contributed by atoms with van der Waals surface area (Å²) in [7, 11) is 0.311. The van der Waals surface area contributed by atoms with Crippen molar-refractivity contribution in [3.05, 3.63) is 82.7 Å². The highest BCUT2D eigenvalue weighted by Crippen LogP contribution is 2.39. The van der Waals surface area contributed by atoms with E-state index in [0.717, 1.165) is 11.1 Å². The number of hydrogen-bond acceptors (Lipinski definition) is 4. The van der Waals surface area contributed by atoms with E-state index in [-0.39, 0.29) is 24.3 Å². The fourth-order valence-corrected chi connectivity index (χ4v) is 5.30. The predicted octanol–water partition coefficient (Wildman–Crippen LogP) is 6.91. The van der Waals surface area contributed by atoms with Crippen LogP contribution in [-0.2, 0) is 28.8 Å². The van der Waals surface area contributed by atoms with Crippen LogP contribution in [0.15, 0.2) is 59.5 Å². The third-order valence-corrected chi connectivity index (χ3v) is 7.72. The van der Waals surface area contributed by atoms with Crippen molar-refractivity contribution >= 4 is 16.9 Å². The molecule has 1 heterocycles. The molecule has 1 aliphatic rings. The van der Waals surface area contributed by atoms with Crippen LogP contribution in [0.2, 0.25) is 0 Å². The zero-order valence-electron chi connectivity index (χ0n) is 21.6. The van der Waals surface area contributed by atoms with Crippen LogP contribution >= 0.6 is 0 Å². The first-order chi connectivity index (χ1) is 17.6. The zero-order valence-corrected chi connectivity index (χ0v) is 22.4. The van der Waals surface area contributed by atoms with Gasteiger partial charge in [0, 0.05) is 33.6 Å². The second kappa shape index (κ2) is 11.0. The minimum atomic E-state index is -1.17. The molecule has 1 fully saturated rings. The van der Waals surface area contributed by atoms with Gasteiger partial charge in [-0.25, -0.2) is 13.6 Å². The Hall–Kier alpha value is -3.26. The van der Waals surface area contributed by atoms with E-state index >= 15 is 0 Å². The summed E-state index contributed by atoms with van der Waals surface area (Å²) in [5.41, 5.74) is 3.86. The topological polar surface area (TPSA) is 55.8 Å². The summed E-state index contributed by atoms with van der Waals surface area (Å²) in [6, 6.07) is 15.2. The maximum Gasteiger partial charge on any atom is 0.411 e. The molecule has 1 unspecified atom stereocenters. The molecule has 3 atom stereocenters. The number of amides is 1. The Morgan fingerprint density at radius 3 is 2.51 bits per heavy atom. The minimum Gasteiger partial charge on any atom is -0.496 e. The first-order valence-corrected chi connectivity index (χ1v) is 13.7. The largest absolute Gasteiger partial charge is 0.496 e. The van der Waals surface area contributed by atoms with Gasteiger partial charge in [-0.15, -0.1) is 0 Å². The first kappa shape index (κ1) is 26.8. The van der Waals surface area contributed by atoms with Gasteiger partial charge in [-0.05, 0) is 58.9 Å². The van der Waals surface area contributed by atoms with Gasteiger partial charge >= 0.3 is 6.09 Å². The second-order valence-electron chi connectivity index (χ2n) is 9.55. The average Bonchev–Trinajstić information content (AvgIpc) is 3.16. The van der Waals surface area contributed by atoms with Crippen molar-refractivity contribution < 1.29 is 27.3 Å². The molecule has 0 bridgehead atoms. The number of alkyl halides is 1. The third-order valence-electron chi connectivity index (χ3n) is 6.81. The lowest BCUT2D eigenvalue weighted by atomic mass is 9.92. The van der Waals surface area contributed by atoms with Crippen LogP contribution < -0.4 is 4.74 Å². The number of benzene rings is 3. The Morgan fingerprint density at radius 2 is 1.86 bits per heavy atom. The van der Waals surface area contributed by atoms with E-state index in [9.17, 15) is 17.8 Å². The molecule has 0 radical (unpaired) electrons. The summed E-state index contributed by atoms with van der Waals surface area (Å²) in [5.74, 6) is -0.0522. The lowest BCUT2D eigenvalue weighted by molar-refractivity contribution is 0.130. The highest BCUT2D eigenvalue weighted by atomic mass is 32.2. The number of nitrogens with zero attached hydrogens (tertiary/aromatic N) is 1. The molecule has 0 spiro atoms. The van der Waals surface area contributed by atoms with Crippen LogP contribution in [0.4, 0.5) is 13.6 Å². The summed E-state index contributed by atoms with van der Waals surface area (Å²) in [4.78, 5) is 15.3. The standard InChI is InChI=1S/C29H31F2NO4S/c1-17(2)24-13-25(27(35-4)14-26(24)31)23-10-9-19(15-30)11-21(23)16-32-18(3)28(36-29(32)33)20-7-6-8-22(12-20)37(5)34/h6-14,17-18,28H,15-16H2,1-5H3/t18-,28-,37?/m0/s1. The van der Waals surface area contributed by atoms with Crippen LogP contribution in [0.1, 0.15) is 55.0 Å².